The fourth-order valence-corrected chi connectivity index (χ4v) is 4.50. The Morgan fingerprint density at radius 2 is 1.95 bits per heavy atom. The minimum atomic E-state index is 0.0809. The molecule has 2 aliphatic carbocycles. The van der Waals surface area contributed by atoms with E-state index >= 15 is 0 Å². The van der Waals surface area contributed by atoms with Crippen molar-refractivity contribution in [2.75, 3.05) is 0 Å². The molecule has 0 N–H and O–H groups in total. The van der Waals surface area contributed by atoms with Crippen LogP contribution in [0.1, 0.15) is 32.3 Å². The molecule has 0 amide bonds. The van der Waals surface area contributed by atoms with E-state index in [0.717, 1.165) is 12.8 Å². The molecule has 1 nitrogen and oxygen atoms in total. The highest BCUT2D eigenvalue weighted by molar-refractivity contribution is 8.04. The van der Waals surface area contributed by atoms with Crippen molar-refractivity contribution in [3.63, 3.8) is 0 Å². The van der Waals surface area contributed by atoms with Gasteiger partial charge in [0.15, 0.2) is 5.78 Å². The van der Waals surface area contributed by atoms with Crippen LogP contribution in [0.2, 0.25) is 0 Å². The molecule has 1 aromatic rings. The van der Waals surface area contributed by atoms with Gasteiger partial charge in [0.2, 0.25) is 0 Å². The summed E-state index contributed by atoms with van der Waals surface area (Å²) in [7, 11) is 0. The zero-order valence-corrected chi connectivity index (χ0v) is 13.3. The maximum Gasteiger partial charge on any atom is 0.168 e. The number of carbonyl (C=O) groups excluding carboxylic acids is 1. The van der Waals surface area contributed by atoms with E-state index in [1.54, 1.807) is 17.8 Å². The SMILES string of the molecule is CC1=CC(C)C(c2ccccc2)=C1SC1CCC=CC1=O. The van der Waals surface area contributed by atoms with Gasteiger partial charge in [0, 0.05) is 10.8 Å². The maximum absolute atomic E-state index is 12.1. The van der Waals surface area contributed by atoms with Crippen LogP contribution < -0.4 is 0 Å². The lowest BCUT2D eigenvalue weighted by molar-refractivity contribution is -0.114. The molecule has 0 heterocycles. The molecule has 0 saturated heterocycles. The summed E-state index contributed by atoms with van der Waals surface area (Å²) in [5, 5.41) is 0.0809. The topological polar surface area (TPSA) is 17.1 Å². The number of benzene rings is 1. The lowest BCUT2D eigenvalue weighted by Crippen LogP contribution is -2.17. The predicted octanol–water partition coefficient (Wildman–Crippen LogP) is 5.01. The first-order chi connectivity index (χ1) is 10.2. The average molecular weight is 296 g/mol. The Morgan fingerprint density at radius 1 is 1.19 bits per heavy atom. The molecule has 1 aromatic carbocycles. The van der Waals surface area contributed by atoms with E-state index in [1.165, 1.54) is 21.6 Å². The summed E-state index contributed by atoms with van der Waals surface area (Å²) in [5.41, 5.74) is 3.97. The normalized spacial score (nSPS) is 25.4. The molecule has 0 saturated carbocycles. The van der Waals surface area contributed by atoms with Gasteiger partial charge in [-0.15, -0.1) is 11.8 Å². The molecule has 108 valence electrons. The van der Waals surface area contributed by atoms with Crippen LogP contribution in [-0.4, -0.2) is 11.0 Å². The van der Waals surface area contributed by atoms with Gasteiger partial charge in [-0.1, -0.05) is 49.4 Å². The summed E-state index contributed by atoms with van der Waals surface area (Å²) in [6.45, 7) is 4.40. The lowest BCUT2D eigenvalue weighted by Gasteiger charge is -2.19. The Kier molecular flexibility index (Phi) is 4.16. The molecular weight excluding hydrogens is 276 g/mol. The smallest absolute Gasteiger partial charge is 0.168 e. The first-order valence-electron chi connectivity index (χ1n) is 7.52. The Morgan fingerprint density at radius 3 is 2.67 bits per heavy atom. The summed E-state index contributed by atoms with van der Waals surface area (Å²) in [5.74, 6) is 0.683. The van der Waals surface area contributed by atoms with Crippen LogP contribution in [0.3, 0.4) is 0 Å². The van der Waals surface area contributed by atoms with E-state index in [9.17, 15) is 4.79 Å². The molecule has 21 heavy (non-hydrogen) atoms. The molecule has 2 aliphatic rings. The van der Waals surface area contributed by atoms with Crippen molar-refractivity contribution >= 4 is 23.1 Å². The minimum Gasteiger partial charge on any atom is -0.294 e. The van der Waals surface area contributed by atoms with E-state index in [2.05, 4.69) is 44.2 Å². The van der Waals surface area contributed by atoms with Crippen molar-refractivity contribution in [3.05, 3.63) is 64.6 Å². The van der Waals surface area contributed by atoms with E-state index in [-0.39, 0.29) is 11.0 Å². The zero-order chi connectivity index (χ0) is 14.8. The molecule has 2 atom stereocenters. The Bertz CT molecular complexity index is 637. The van der Waals surface area contributed by atoms with Crippen molar-refractivity contribution < 1.29 is 4.79 Å². The fraction of sp³-hybridized carbons (Fsp3) is 0.316. The summed E-state index contributed by atoms with van der Waals surface area (Å²) in [6.07, 6.45) is 8.02. The third kappa shape index (κ3) is 2.91. The molecular formula is C19H20OS. The third-order valence-electron chi connectivity index (χ3n) is 4.10. The summed E-state index contributed by atoms with van der Waals surface area (Å²) < 4.78 is 0. The monoisotopic (exact) mass is 296 g/mol. The zero-order valence-electron chi connectivity index (χ0n) is 12.5. The van der Waals surface area contributed by atoms with Gasteiger partial charge in [-0.2, -0.15) is 0 Å². The number of hydrogen-bond acceptors (Lipinski definition) is 2. The van der Waals surface area contributed by atoms with Crippen molar-refractivity contribution in [1.29, 1.82) is 0 Å². The highest BCUT2D eigenvalue weighted by Crippen LogP contribution is 2.45. The highest BCUT2D eigenvalue weighted by Gasteiger charge is 2.28. The number of thioether (sulfide) groups is 1. The molecule has 3 rings (SSSR count). The van der Waals surface area contributed by atoms with Gasteiger partial charge >= 0.3 is 0 Å². The molecule has 2 heteroatoms. The largest absolute Gasteiger partial charge is 0.294 e. The molecule has 0 aromatic heterocycles. The number of allylic oxidation sites excluding steroid dienone is 5. The molecule has 0 fully saturated rings. The van der Waals surface area contributed by atoms with Gasteiger partial charge in [0.05, 0.1) is 5.25 Å². The summed E-state index contributed by atoms with van der Waals surface area (Å²) in [6, 6.07) is 10.5. The molecule has 0 aliphatic heterocycles. The van der Waals surface area contributed by atoms with Crippen molar-refractivity contribution in [2.24, 2.45) is 5.92 Å². The fourth-order valence-electron chi connectivity index (χ4n) is 3.08. The molecule has 0 spiro atoms. The first kappa shape index (κ1) is 14.4. The molecule has 0 bridgehead atoms. The van der Waals surface area contributed by atoms with Crippen LogP contribution in [0.5, 0.6) is 0 Å². The Balaban J connectivity index is 1.95. The van der Waals surface area contributed by atoms with Crippen LogP contribution in [0.4, 0.5) is 0 Å². The molecule has 0 radical (unpaired) electrons. The standard InChI is InChI=1S/C19H20OS/c1-13-12-14(2)19(18(13)15-8-4-3-5-9-15)21-17-11-7-6-10-16(17)20/h3-6,8-10,12-13,17H,7,11H2,1-2H3. The Hall–Kier alpha value is -1.54. The Labute approximate surface area is 130 Å². The predicted molar refractivity (Wildman–Crippen MR) is 91.0 cm³/mol. The summed E-state index contributed by atoms with van der Waals surface area (Å²) >= 11 is 1.76. The van der Waals surface area contributed by atoms with Crippen molar-refractivity contribution in [3.8, 4) is 0 Å². The van der Waals surface area contributed by atoms with Crippen LogP contribution in [0, 0.1) is 5.92 Å². The first-order valence-corrected chi connectivity index (χ1v) is 8.40. The number of ketones is 1. The second-order valence-electron chi connectivity index (χ2n) is 5.74. The lowest BCUT2D eigenvalue weighted by atomic mass is 9.97. The number of carbonyl (C=O) groups is 1. The van der Waals surface area contributed by atoms with E-state index < -0.39 is 0 Å². The van der Waals surface area contributed by atoms with E-state index in [1.807, 2.05) is 12.1 Å². The minimum absolute atomic E-state index is 0.0809. The highest BCUT2D eigenvalue weighted by atomic mass is 32.2. The van der Waals surface area contributed by atoms with Crippen LogP contribution >= 0.6 is 11.8 Å². The van der Waals surface area contributed by atoms with Crippen molar-refractivity contribution in [1.82, 2.24) is 0 Å². The second kappa shape index (κ2) is 6.07. The van der Waals surface area contributed by atoms with Crippen molar-refractivity contribution in [2.45, 2.75) is 31.9 Å². The van der Waals surface area contributed by atoms with Gasteiger partial charge in [-0.05, 0) is 42.6 Å². The summed E-state index contributed by atoms with van der Waals surface area (Å²) in [4.78, 5) is 13.4. The van der Waals surface area contributed by atoms with Gasteiger partial charge in [-0.3, -0.25) is 4.79 Å². The second-order valence-corrected chi connectivity index (χ2v) is 6.95. The number of rotatable bonds is 3. The quantitative estimate of drug-likeness (QED) is 0.779. The van der Waals surface area contributed by atoms with Crippen LogP contribution in [-0.2, 0) is 4.79 Å². The van der Waals surface area contributed by atoms with E-state index in [0.29, 0.717) is 5.92 Å². The van der Waals surface area contributed by atoms with E-state index in [4.69, 9.17) is 0 Å². The van der Waals surface area contributed by atoms with Crippen LogP contribution in [0.15, 0.2) is 59.0 Å². The maximum atomic E-state index is 12.1. The van der Waals surface area contributed by atoms with Gasteiger partial charge < -0.3 is 0 Å². The average Bonchev–Trinajstić information content (AvgIpc) is 2.76. The third-order valence-corrected chi connectivity index (χ3v) is 5.63. The molecule has 2 unspecified atom stereocenters. The van der Waals surface area contributed by atoms with Gasteiger partial charge in [-0.25, -0.2) is 0 Å². The number of hydrogen-bond donors (Lipinski definition) is 0. The van der Waals surface area contributed by atoms with Crippen LogP contribution in [0.25, 0.3) is 5.57 Å². The van der Waals surface area contributed by atoms with Gasteiger partial charge in [0.1, 0.15) is 0 Å². The van der Waals surface area contributed by atoms with Gasteiger partial charge in [0.25, 0.3) is 0 Å².